The number of carbonyl (C=O) groups excluding carboxylic acids is 1. The highest BCUT2D eigenvalue weighted by Gasteiger charge is 2.11. The lowest BCUT2D eigenvalue weighted by Gasteiger charge is -2.15. The number of rotatable bonds is 6. The first-order chi connectivity index (χ1) is 8.21. The van der Waals surface area contributed by atoms with Crippen LogP contribution in [0.5, 0.6) is 5.75 Å². The zero-order chi connectivity index (χ0) is 12.7. The first-order valence-corrected chi connectivity index (χ1v) is 6.25. The summed E-state index contributed by atoms with van der Waals surface area (Å²) in [6.45, 7) is 2.03. The predicted octanol–water partition coefficient (Wildman–Crippen LogP) is 2.83. The van der Waals surface area contributed by atoms with Crippen LogP contribution in [0.15, 0.2) is 24.3 Å². The quantitative estimate of drug-likeness (QED) is 0.794. The van der Waals surface area contributed by atoms with E-state index in [0.717, 1.165) is 18.6 Å². The van der Waals surface area contributed by atoms with Gasteiger partial charge in [0.05, 0.1) is 7.11 Å². The molecule has 0 bridgehead atoms. The lowest BCUT2D eigenvalue weighted by atomic mass is 10.1. The van der Waals surface area contributed by atoms with E-state index in [4.69, 9.17) is 16.3 Å². The van der Waals surface area contributed by atoms with Gasteiger partial charge in [0.1, 0.15) is 5.75 Å². The molecule has 3 nitrogen and oxygen atoms in total. The highest BCUT2D eigenvalue weighted by Crippen LogP contribution is 2.11. The van der Waals surface area contributed by atoms with Crippen LogP contribution < -0.4 is 10.1 Å². The number of ether oxygens (including phenoxy) is 1. The molecule has 0 aliphatic heterocycles. The summed E-state index contributed by atoms with van der Waals surface area (Å²) in [5, 5.41) is 2.96. The molecule has 1 rings (SSSR count). The van der Waals surface area contributed by atoms with Crippen molar-refractivity contribution < 1.29 is 9.53 Å². The summed E-state index contributed by atoms with van der Waals surface area (Å²) in [6, 6.07) is 7.19. The average Bonchev–Trinajstić information content (AvgIpc) is 2.38. The number of amides is 1. The van der Waals surface area contributed by atoms with E-state index < -0.39 is 0 Å². The molecule has 0 aliphatic rings. The molecule has 1 amide bonds. The number of hydrogen-bond donors (Lipinski definition) is 1. The highest BCUT2D eigenvalue weighted by atomic mass is 35.5. The van der Waals surface area contributed by atoms with Gasteiger partial charge in [0.25, 0.3) is 5.91 Å². The average molecular weight is 256 g/mol. The second kappa shape index (κ2) is 7.17. The SMILES string of the molecule is CCC(CCCl)NC(=O)c1ccc(OC)cc1. The minimum Gasteiger partial charge on any atom is -0.497 e. The molecular weight excluding hydrogens is 238 g/mol. The second-order valence-electron chi connectivity index (χ2n) is 3.78. The number of alkyl halides is 1. The molecular formula is C13H18ClNO2. The molecule has 0 saturated heterocycles. The third kappa shape index (κ3) is 4.27. The molecule has 17 heavy (non-hydrogen) atoms. The minimum atomic E-state index is -0.0652. The van der Waals surface area contributed by atoms with Gasteiger partial charge in [-0.15, -0.1) is 11.6 Å². The summed E-state index contributed by atoms with van der Waals surface area (Å²) in [5.74, 6) is 1.24. The summed E-state index contributed by atoms with van der Waals surface area (Å²) in [4.78, 5) is 11.9. The van der Waals surface area contributed by atoms with Crippen molar-refractivity contribution >= 4 is 17.5 Å². The van der Waals surface area contributed by atoms with Crippen molar-refractivity contribution in [3.63, 3.8) is 0 Å². The maximum atomic E-state index is 11.9. The molecule has 0 saturated carbocycles. The first kappa shape index (κ1) is 13.8. The maximum Gasteiger partial charge on any atom is 0.251 e. The van der Waals surface area contributed by atoms with Gasteiger partial charge in [-0.1, -0.05) is 6.92 Å². The van der Waals surface area contributed by atoms with E-state index >= 15 is 0 Å². The number of carbonyl (C=O) groups is 1. The number of nitrogens with one attached hydrogen (secondary N) is 1. The predicted molar refractivity (Wildman–Crippen MR) is 69.9 cm³/mol. The van der Waals surface area contributed by atoms with Crippen molar-refractivity contribution in [2.45, 2.75) is 25.8 Å². The molecule has 1 atom stereocenters. The fourth-order valence-electron chi connectivity index (χ4n) is 1.52. The summed E-state index contributed by atoms with van der Waals surface area (Å²) in [6.07, 6.45) is 1.68. The second-order valence-corrected chi connectivity index (χ2v) is 4.16. The summed E-state index contributed by atoms with van der Waals surface area (Å²) in [5.41, 5.74) is 0.638. The Hall–Kier alpha value is -1.22. The van der Waals surface area contributed by atoms with Gasteiger partial charge in [-0.25, -0.2) is 0 Å². The van der Waals surface area contributed by atoms with Gasteiger partial charge < -0.3 is 10.1 Å². The number of benzene rings is 1. The summed E-state index contributed by atoms with van der Waals surface area (Å²) in [7, 11) is 1.60. The Morgan fingerprint density at radius 3 is 2.53 bits per heavy atom. The van der Waals surface area contributed by atoms with Gasteiger partial charge in [-0.2, -0.15) is 0 Å². The van der Waals surface area contributed by atoms with Crippen LogP contribution in [0, 0.1) is 0 Å². The molecule has 0 heterocycles. The number of halogens is 1. The zero-order valence-corrected chi connectivity index (χ0v) is 11.0. The van der Waals surface area contributed by atoms with Crippen LogP contribution in [-0.4, -0.2) is 24.9 Å². The van der Waals surface area contributed by atoms with Crippen LogP contribution in [0.2, 0.25) is 0 Å². The molecule has 0 aliphatic carbocycles. The Kier molecular flexibility index (Phi) is 5.84. The van der Waals surface area contributed by atoms with Crippen molar-refractivity contribution in [1.29, 1.82) is 0 Å². The van der Waals surface area contributed by atoms with Gasteiger partial charge >= 0.3 is 0 Å². The summed E-state index contributed by atoms with van der Waals surface area (Å²) < 4.78 is 5.04. The fourth-order valence-corrected chi connectivity index (χ4v) is 1.78. The van der Waals surface area contributed by atoms with Gasteiger partial charge in [0.15, 0.2) is 0 Å². The molecule has 1 unspecified atom stereocenters. The molecule has 4 heteroatoms. The Labute approximate surface area is 107 Å². The van der Waals surface area contributed by atoms with E-state index in [0.29, 0.717) is 11.4 Å². The van der Waals surface area contributed by atoms with Crippen LogP contribution >= 0.6 is 11.6 Å². The first-order valence-electron chi connectivity index (χ1n) is 5.72. The normalized spacial score (nSPS) is 11.9. The van der Waals surface area contributed by atoms with Crippen molar-refractivity contribution in [2.24, 2.45) is 0 Å². The lowest BCUT2D eigenvalue weighted by Crippen LogP contribution is -2.34. The van der Waals surface area contributed by atoms with Gasteiger partial charge in [-0.3, -0.25) is 4.79 Å². The van der Waals surface area contributed by atoms with Gasteiger partial charge in [0.2, 0.25) is 0 Å². The van der Waals surface area contributed by atoms with E-state index in [2.05, 4.69) is 5.32 Å². The Balaban J connectivity index is 2.62. The third-order valence-electron chi connectivity index (χ3n) is 2.64. The van der Waals surface area contributed by atoms with Crippen LogP contribution in [0.3, 0.4) is 0 Å². The van der Waals surface area contributed by atoms with Crippen molar-refractivity contribution in [3.05, 3.63) is 29.8 Å². The Morgan fingerprint density at radius 2 is 2.06 bits per heavy atom. The lowest BCUT2D eigenvalue weighted by molar-refractivity contribution is 0.0935. The van der Waals surface area contributed by atoms with Crippen LogP contribution in [-0.2, 0) is 0 Å². The molecule has 0 aromatic heterocycles. The Bertz CT molecular complexity index is 351. The molecule has 0 fully saturated rings. The molecule has 1 aromatic rings. The van der Waals surface area contributed by atoms with Crippen LogP contribution in [0.25, 0.3) is 0 Å². The zero-order valence-electron chi connectivity index (χ0n) is 10.2. The highest BCUT2D eigenvalue weighted by molar-refractivity contribution is 6.17. The van der Waals surface area contributed by atoms with Gasteiger partial charge in [0, 0.05) is 17.5 Å². The maximum absolute atomic E-state index is 11.9. The molecule has 1 N–H and O–H groups in total. The van der Waals surface area contributed by atoms with E-state index in [9.17, 15) is 4.79 Å². The summed E-state index contributed by atoms with van der Waals surface area (Å²) >= 11 is 5.68. The standard InChI is InChI=1S/C13H18ClNO2/c1-3-11(8-9-14)15-13(16)10-4-6-12(17-2)7-5-10/h4-7,11H,3,8-9H2,1-2H3,(H,15,16). The van der Waals surface area contributed by atoms with Gasteiger partial charge in [-0.05, 0) is 37.1 Å². The van der Waals surface area contributed by atoms with E-state index in [1.165, 1.54) is 0 Å². The van der Waals surface area contributed by atoms with Crippen molar-refractivity contribution in [2.75, 3.05) is 13.0 Å². The van der Waals surface area contributed by atoms with E-state index in [-0.39, 0.29) is 11.9 Å². The largest absolute Gasteiger partial charge is 0.497 e. The minimum absolute atomic E-state index is 0.0652. The topological polar surface area (TPSA) is 38.3 Å². The number of methoxy groups -OCH3 is 1. The fraction of sp³-hybridized carbons (Fsp3) is 0.462. The van der Waals surface area contributed by atoms with E-state index in [1.54, 1.807) is 31.4 Å². The van der Waals surface area contributed by atoms with Crippen LogP contribution in [0.1, 0.15) is 30.1 Å². The molecule has 1 aromatic carbocycles. The smallest absolute Gasteiger partial charge is 0.251 e. The monoisotopic (exact) mass is 255 g/mol. The molecule has 0 radical (unpaired) electrons. The van der Waals surface area contributed by atoms with Crippen molar-refractivity contribution in [3.8, 4) is 5.75 Å². The van der Waals surface area contributed by atoms with Crippen molar-refractivity contribution in [1.82, 2.24) is 5.32 Å². The molecule has 94 valence electrons. The third-order valence-corrected chi connectivity index (χ3v) is 2.86. The molecule has 0 spiro atoms. The Morgan fingerprint density at radius 1 is 1.41 bits per heavy atom. The van der Waals surface area contributed by atoms with Crippen LogP contribution in [0.4, 0.5) is 0 Å². The van der Waals surface area contributed by atoms with E-state index in [1.807, 2.05) is 6.92 Å². The number of hydrogen-bond acceptors (Lipinski definition) is 2.